The number of sulfonamides is 1. The molecule has 166 valence electrons. The zero-order valence-corrected chi connectivity index (χ0v) is 17.6. The Morgan fingerprint density at radius 1 is 1.17 bits per heavy atom. The molecule has 1 aliphatic rings. The number of benzene rings is 1. The fourth-order valence-corrected chi connectivity index (χ4v) is 4.20. The number of anilines is 1. The van der Waals surface area contributed by atoms with Gasteiger partial charge in [-0.2, -0.15) is 18.2 Å². The molecule has 2 N–H and O–H groups in total. The Kier molecular flexibility index (Phi) is 6.71. The number of halogens is 3. The predicted molar refractivity (Wildman–Crippen MR) is 106 cm³/mol. The monoisotopic (exact) mass is 446 g/mol. The molecule has 1 aromatic heterocycles. The normalized spacial score (nSPS) is 20.5. The molecule has 0 atom stereocenters. The summed E-state index contributed by atoms with van der Waals surface area (Å²) in [6, 6.07) is 5.20. The van der Waals surface area contributed by atoms with E-state index in [-0.39, 0.29) is 29.4 Å². The zero-order valence-electron chi connectivity index (χ0n) is 16.7. The lowest BCUT2D eigenvalue weighted by molar-refractivity contribution is -0.137. The third-order valence-electron chi connectivity index (χ3n) is 5.27. The Morgan fingerprint density at radius 3 is 2.47 bits per heavy atom. The number of aromatic nitrogens is 2. The highest BCUT2D eigenvalue weighted by molar-refractivity contribution is 7.90. The highest BCUT2D eigenvalue weighted by atomic mass is 32.2. The fourth-order valence-electron chi connectivity index (χ4n) is 3.40. The van der Waals surface area contributed by atoms with Gasteiger partial charge in [0.15, 0.2) is 0 Å². The van der Waals surface area contributed by atoms with Gasteiger partial charge in [0.1, 0.15) is 0 Å². The molecular formula is C19H25F3N4O3S. The van der Waals surface area contributed by atoms with Crippen LogP contribution in [0, 0.1) is 5.92 Å². The van der Waals surface area contributed by atoms with E-state index in [1.54, 1.807) is 13.8 Å². The summed E-state index contributed by atoms with van der Waals surface area (Å²) in [5, 5.41) is 6.30. The molecular weight excluding hydrogens is 421 g/mol. The maximum Gasteiger partial charge on any atom is 0.417 e. The number of hydrogen-bond donors (Lipinski definition) is 2. The third kappa shape index (κ3) is 5.51. The van der Waals surface area contributed by atoms with E-state index in [9.17, 15) is 21.6 Å². The zero-order chi connectivity index (χ0) is 21.9. The van der Waals surface area contributed by atoms with Crippen molar-refractivity contribution < 1.29 is 26.1 Å². The van der Waals surface area contributed by atoms with Crippen LogP contribution in [0.4, 0.5) is 19.2 Å². The molecule has 0 spiro atoms. The van der Waals surface area contributed by atoms with E-state index in [0.29, 0.717) is 6.54 Å². The molecule has 0 amide bonds. The van der Waals surface area contributed by atoms with Crippen molar-refractivity contribution >= 4 is 16.0 Å². The second-order valence-corrected chi connectivity index (χ2v) is 10.1. The molecule has 0 unspecified atom stereocenters. The minimum Gasteiger partial charge on any atom is -0.335 e. The third-order valence-corrected chi connectivity index (χ3v) is 7.08. The molecule has 3 rings (SSSR count). The fraction of sp³-hybridized carbons (Fsp3) is 0.579. The van der Waals surface area contributed by atoms with Crippen LogP contribution in [0.3, 0.4) is 0 Å². The first-order valence-corrected chi connectivity index (χ1v) is 11.4. The molecule has 1 aromatic carbocycles. The minimum absolute atomic E-state index is 0.0362. The number of rotatable bonds is 7. The van der Waals surface area contributed by atoms with Crippen molar-refractivity contribution in [3.05, 3.63) is 29.8 Å². The van der Waals surface area contributed by atoms with Crippen molar-refractivity contribution in [2.45, 2.75) is 57.0 Å². The number of nitrogens with one attached hydrogen (secondary N) is 2. The molecule has 1 fully saturated rings. The van der Waals surface area contributed by atoms with E-state index >= 15 is 0 Å². The van der Waals surface area contributed by atoms with Gasteiger partial charge in [0, 0.05) is 18.2 Å². The van der Waals surface area contributed by atoms with Gasteiger partial charge in [-0.3, -0.25) is 0 Å². The van der Waals surface area contributed by atoms with E-state index < -0.39 is 27.0 Å². The SMILES string of the molecule is CC(C)S(=O)(=O)NC[C@H]1CC[C@H](Nc2nc(-c3ccccc3C(F)(F)F)no2)CC1. The van der Waals surface area contributed by atoms with Crippen molar-refractivity contribution in [2.24, 2.45) is 5.92 Å². The molecule has 0 saturated heterocycles. The van der Waals surface area contributed by atoms with Crippen LogP contribution in [-0.2, 0) is 16.2 Å². The molecule has 11 heteroatoms. The summed E-state index contributed by atoms with van der Waals surface area (Å²) in [6.07, 6.45) is -1.34. The maximum atomic E-state index is 13.2. The van der Waals surface area contributed by atoms with E-state index in [4.69, 9.17) is 4.52 Å². The minimum atomic E-state index is -4.51. The predicted octanol–water partition coefficient (Wildman–Crippen LogP) is 4.05. The smallest absolute Gasteiger partial charge is 0.335 e. The molecule has 7 nitrogen and oxygen atoms in total. The van der Waals surface area contributed by atoms with Crippen LogP contribution in [0.15, 0.2) is 28.8 Å². The molecule has 0 radical (unpaired) electrons. The van der Waals surface area contributed by atoms with Gasteiger partial charge in [-0.05, 0) is 51.5 Å². The van der Waals surface area contributed by atoms with Crippen molar-refractivity contribution in [3.8, 4) is 11.4 Å². The lowest BCUT2D eigenvalue weighted by Gasteiger charge is -2.28. The first-order chi connectivity index (χ1) is 14.1. The number of nitrogens with zero attached hydrogens (tertiary/aromatic N) is 2. The summed E-state index contributed by atoms with van der Waals surface area (Å²) >= 11 is 0. The van der Waals surface area contributed by atoms with Gasteiger partial charge in [0.2, 0.25) is 15.8 Å². The average Bonchev–Trinajstić information content (AvgIpc) is 3.15. The summed E-state index contributed by atoms with van der Waals surface area (Å²) in [5.74, 6) is 0.121. The van der Waals surface area contributed by atoms with Gasteiger partial charge >= 0.3 is 12.2 Å². The summed E-state index contributed by atoms with van der Waals surface area (Å²) in [4.78, 5) is 4.08. The topological polar surface area (TPSA) is 97.1 Å². The summed E-state index contributed by atoms with van der Waals surface area (Å²) < 4.78 is 71.0. The van der Waals surface area contributed by atoms with E-state index in [1.165, 1.54) is 18.2 Å². The van der Waals surface area contributed by atoms with Gasteiger partial charge in [-0.15, -0.1) is 0 Å². The lowest BCUT2D eigenvalue weighted by Crippen LogP contribution is -2.37. The van der Waals surface area contributed by atoms with Gasteiger partial charge in [0.05, 0.1) is 10.8 Å². The van der Waals surface area contributed by atoms with Crippen molar-refractivity contribution in [1.29, 1.82) is 0 Å². The average molecular weight is 446 g/mol. The summed E-state index contributed by atoms with van der Waals surface area (Å²) in [7, 11) is -3.28. The molecule has 2 aromatic rings. The lowest BCUT2D eigenvalue weighted by atomic mass is 9.86. The largest absolute Gasteiger partial charge is 0.417 e. The van der Waals surface area contributed by atoms with E-state index in [2.05, 4.69) is 20.2 Å². The van der Waals surface area contributed by atoms with Crippen LogP contribution in [0.2, 0.25) is 0 Å². The first kappa shape index (κ1) is 22.5. The van der Waals surface area contributed by atoms with Crippen molar-refractivity contribution in [3.63, 3.8) is 0 Å². The Hall–Kier alpha value is -2.14. The second-order valence-electron chi connectivity index (χ2n) is 7.77. The quantitative estimate of drug-likeness (QED) is 0.666. The molecule has 1 heterocycles. The van der Waals surface area contributed by atoms with Gasteiger partial charge in [-0.1, -0.05) is 23.4 Å². The summed E-state index contributed by atoms with van der Waals surface area (Å²) in [5.41, 5.74) is -0.954. The molecule has 0 aliphatic heterocycles. The van der Waals surface area contributed by atoms with Crippen LogP contribution in [0.1, 0.15) is 45.1 Å². The van der Waals surface area contributed by atoms with Crippen LogP contribution < -0.4 is 10.0 Å². The highest BCUT2D eigenvalue weighted by Gasteiger charge is 2.34. The van der Waals surface area contributed by atoms with Crippen LogP contribution in [0.25, 0.3) is 11.4 Å². The van der Waals surface area contributed by atoms with E-state index in [0.717, 1.165) is 31.7 Å². The number of alkyl halides is 3. The maximum absolute atomic E-state index is 13.2. The Morgan fingerprint density at radius 2 is 1.83 bits per heavy atom. The van der Waals surface area contributed by atoms with Crippen LogP contribution in [0.5, 0.6) is 0 Å². The van der Waals surface area contributed by atoms with Crippen LogP contribution >= 0.6 is 0 Å². The standard InChI is InChI=1S/C19H25F3N4O3S/c1-12(2)30(27,28)23-11-13-7-9-14(10-8-13)24-18-25-17(26-29-18)15-5-3-4-6-16(15)19(20,21)22/h3-6,12-14,23H,7-11H2,1-2H3,(H,24,25,26)/t13-,14-. The molecule has 0 bridgehead atoms. The molecule has 30 heavy (non-hydrogen) atoms. The van der Waals surface area contributed by atoms with Crippen molar-refractivity contribution in [1.82, 2.24) is 14.9 Å². The summed E-state index contributed by atoms with van der Waals surface area (Å²) in [6.45, 7) is 3.68. The van der Waals surface area contributed by atoms with Gasteiger partial charge in [0.25, 0.3) is 0 Å². The number of hydrogen-bond acceptors (Lipinski definition) is 6. The van der Waals surface area contributed by atoms with Crippen LogP contribution in [-0.4, -0.2) is 36.4 Å². The Bertz CT molecular complexity index is 952. The van der Waals surface area contributed by atoms with Gasteiger partial charge < -0.3 is 9.84 Å². The Balaban J connectivity index is 1.56. The second kappa shape index (κ2) is 8.93. The Labute approximate surface area is 173 Å². The highest BCUT2D eigenvalue weighted by Crippen LogP contribution is 2.36. The molecule has 1 saturated carbocycles. The van der Waals surface area contributed by atoms with Gasteiger partial charge in [-0.25, -0.2) is 13.1 Å². The van der Waals surface area contributed by atoms with Crippen molar-refractivity contribution in [2.75, 3.05) is 11.9 Å². The molecule has 1 aliphatic carbocycles. The van der Waals surface area contributed by atoms with E-state index in [1.807, 2.05) is 0 Å². The first-order valence-electron chi connectivity index (χ1n) is 9.81.